The SMILES string of the molecule is O=C(c1ccc(-c2ccccc2)cc1)N(CCCn1ccnc1)c1nc2c(F)cccc2s1. The summed E-state index contributed by atoms with van der Waals surface area (Å²) in [6, 6.07) is 22.5. The van der Waals surface area contributed by atoms with E-state index in [4.69, 9.17) is 0 Å². The van der Waals surface area contributed by atoms with E-state index in [1.54, 1.807) is 23.5 Å². The highest BCUT2D eigenvalue weighted by Gasteiger charge is 2.22. The predicted molar refractivity (Wildman–Crippen MR) is 130 cm³/mol. The fourth-order valence-electron chi connectivity index (χ4n) is 3.72. The van der Waals surface area contributed by atoms with E-state index in [9.17, 15) is 9.18 Å². The number of para-hydroxylation sites is 1. The summed E-state index contributed by atoms with van der Waals surface area (Å²) in [7, 11) is 0. The normalized spacial score (nSPS) is 11.1. The Kier molecular flexibility index (Phi) is 5.95. The first-order chi connectivity index (χ1) is 16.2. The molecule has 0 bridgehead atoms. The summed E-state index contributed by atoms with van der Waals surface area (Å²) in [6.45, 7) is 1.18. The van der Waals surface area contributed by atoms with Gasteiger partial charge in [0, 0.05) is 31.0 Å². The minimum absolute atomic E-state index is 0.153. The third kappa shape index (κ3) is 4.54. The van der Waals surface area contributed by atoms with E-state index >= 15 is 0 Å². The molecule has 5 rings (SSSR count). The standard InChI is InChI=1S/C26H21FN4OS/c27-22-8-4-9-23-24(22)29-26(33-23)31(16-5-15-30-17-14-28-18-30)25(32)21-12-10-20(11-13-21)19-6-2-1-3-7-19/h1-4,6-14,17-18H,5,15-16H2. The van der Waals surface area contributed by atoms with Crippen LogP contribution in [0.5, 0.6) is 0 Å². The molecule has 3 aromatic carbocycles. The van der Waals surface area contributed by atoms with Crippen molar-refractivity contribution in [2.45, 2.75) is 13.0 Å². The molecule has 2 heterocycles. The first-order valence-electron chi connectivity index (χ1n) is 10.7. The van der Waals surface area contributed by atoms with Gasteiger partial charge >= 0.3 is 0 Å². The molecule has 0 atom stereocenters. The van der Waals surface area contributed by atoms with Crippen molar-refractivity contribution >= 4 is 32.6 Å². The van der Waals surface area contributed by atoms with Gasteiger partial charge in [-0.15, -0.1) is 0 Å². The van der Waals surface area contributed by atoms with Crippen LogP contribution in [-0.4, -0.2) is 27.0 Å². The number of fused-ring (bicyclic) bond motifs is 1. The van der Waals surface area contributed by atoms with Gasteiger partial charge in [0.1, 0.15) is 11.3 Å². The summed E-state index contributed by atoms with van der Waals surface area (Å²) in [4.78, 5) is 23.7. The monoisotopic (exact) mass is 456 g/mol. The average molecular weight is 457 g/mol. The third-order valence-electron chi connectivity index (χ3n) is 5.43. The van der Waals surface area contributed by atoms with Gasteiger partial charge in [-0.3, -0.25) is 9.69 Å². The van der Waals surface area contributed by atoms with E-state index in [1.165, 1.54) is 17.4 Å². The number of imidazole rings is 1. The van der Waals surface area contributed by atoms with Crippen LogP contribution in [0.2, 0.25) is 0 Å². The first kappa shape index (κ1) is 21.0. The zero-order valence-electron chi connectivity index (χ0n) is 17.8. The lowest BCUT2D eigenvalue weighted by molar-refractivity contribution is 0.0986. The lowest BCUT2D eigenvalue weighted by Gasteiger charge is -2.20. The second-order valence-corrected chi connectivity index (χ2v) is 8.65. The Morgan fingerprint density at radius 3 is 2.48 bits per heavy atom. The van der Waals surface area contributed by atoms with E-state index in [0.29, 0.717) is 29.2 Å². The maximum atomic E-state index is 14.3. The largest absolute Gasteiger partial charge is 0.337 e. The van der Waals surface area contributed by atoms with Gasteiger partial charge in [-0.25, -0.2) is 14.4 Å². The average Bonchev–Trinajstić information content (AvgIpc) is 3.53. The molecule has 2 aromatic heterocycles. The summed E-state index contributed by atoms with van der Waals surface area (Å²) in [6.07, 6.45) is 6.08. The van der Waals surface area contributed by atoms with Gasteiger partial charge in [-0.05, 0) is 41.8 Å². The van der Waals surface area contributed by atoms with Crippen LogP contribution < -0.4 is 4.90 Å². The summed E-state index contributed by atoms with van der Waals surface area (Å²) in [5.41, 5.74) is 3.00. The smallest absolute Gasteiger partial charge is 0.260 e. The van der Waals surface area contributed by atoms with E-state index in [1.807, 2.05) is 71.4 Å². The Balaban J connectivity index is 1.43. The summed E-state index contributed by atoms with van der Waals surface area (Å²) >= 11 is 1.33. The van der Waals surface area contributed by atoms with Crippen LogP contribution in [0.4, 0.5) is 9.52 Å². The van der Waals surface area contributed by atoms with Crippen molar-refractivity contribution in [1.29, 1.82) is 0 Å². The summed E-state index contributed by atoms with van der Waals surface area (Å²) < 4.78 is 16.9. The lowest BCUT2D eigenvalue weighted by Crippen LogP contribution is -2.32. The number of hydrogen-bond acceptors (Lipinski definition) is 4. The number of rotatable bonds is 7. The van der Waals surface area contributed by atoms with E-state index in [-0.39, 0.29) is 11.7 Å². The van der Waals surface area contributed by atoms with Gasteiger partial charge in [0.25, 0.3) is 5.91 Å². The second kappa shape index (κ2) is 9.34. The molecule has 0 unspecified atom stereocenters. The number of hydrogen-bond donors (Lipinski definition) is 0. The molecule has 0 radical (unpaired) electrons. The van der Waals surface area contributed by atoms with Crippen LogP contribution in [0.15, 0.2) is 91.5 Å². The minimum Gasteiger partial charge on any atom is -0.337 e. The molecule has 0 aliphatic heterocycles. The van der Waals surface area contributed by atoms with Gasteiger partial charge in [0.05, 0.1) is 11.0 Å². The Morgan fingerprint density at radius 2 is 1.76 bits per heavy atom. The van der Waals surface area contributed by atoms with Crippen LogP contribution in [-0.2, 0) is 6.54 Å². The molecule has 164 valence electrons. The number of anilines is 1. The number of nitrogens with zero attached hydrogens (tertiary/aromatic N) is 4. The van der Waals surface area contributed by atoms with E-state index in [2.05, 4.69) is 9.97 Å². The van der Waals surface area contributed by atoms with E-state index < -0.39 is 0 Å². The zero-order chi connectivity index (χ0) is 22.6. The molecule has 0 fully saturated rings. The van der Waals surface area contributed by atoms with Crippen molar-refractivity contribution in [1.82, 2.24) is 14.5 Å². The molecular formula is C26H21FN4OS. The lowest BCUT2D eigenvalue weighted by atomic mass is 10.0. The molecule has 0 spiro atoms. The fraction of sp³-hybridized carbons (Fsp3) is 0.115. The van der Waals surface area contributed by atoms with Crippen LogP contribution in [0.25, 0.3) is 21.3 Å². The molecule has 5 aromatic rings. The molecule has 33 heavy (non-hydrogen) atoms. The highest BCUT2D eigenvalue weighted by Crippen LogP contribution is 2.31. The highest BCUT2D eigenvalue weighted by atomic mass is 32.1. The Morgan fingerprint density at radius 1 is 0.970 bits per heavy atom. The summed E-state index contributed by atoms with van der Waals surface area (Å²) in [5.74, 6) is -0.535. The van der Waals surface area contributed by atoms with Gasteiger partial charge < -0.3 is 4.57 Å². The minimum atomic E-state index is -0.381. The highest BCUT2D eigenvalue weighted by molar-refractivity contribution is 7.22. The number of amides is 1. The molecule has 0 aliphatic rings. The quantitative estimate of drug-likeness (QED) is 0.300. The number of carbonyl (C=O) groups is 1. The topological polar surface area (TPSA) is 51.0 Å². The summed E-state index contributed by atoms with van der Waals surface area (Å²) in [5, 5.41) is 0.498. The van der Waals surface area contributed by atoms with Gasteiger partial charge in [0.15, 0.2) is 5.13 Å². The van der Waals surface area contributed by atoms with Gasteiger partial charge in [0.2, 0.25) is 0 Å². The number of benzene rings is 3. The first-order valence-corrected chi connectivity index (χ1v) is 11.5. The van der Waals surface area contributed by atoms with Crippen molar-refractivity contribution in [2.24, 2.45) is 0 Å². The third-order valence-corrected chi connectivity index (χ3v) is 6.47. The maximum Gasteiger partial charge on any atom is 0.260 e. The second-order valence-electron chi connectivity index (χ2n) is 7.64. The van der Waals surface area contributed by atoms with Crippen molar-refractivity contribution in [2.75, 3.05) is 11.4 Å². The number of carbonyl (C=O) groups excluding carboxylic acids is 1. The molecule has 0 saturated carbocycles. The Bertz CT molecular complexity index is 1360. The Labute approximate surface area is 194 Å². The van der Waals surface area contributed by atoms with Crippen molar-refractivity contribution in [3.63, 3.8) is 0 Å². The Hall–Kier alpha value is -3.84. The van der Waals surface area contributed by atoms with Crippen LogP contribution in [0.3, 0.4) is 0 Å². The van der Waals surface area contributed by atoms with Crippen LogP contribution in [0, 0.1) is 5.82 Å². The molecule has 7 heteroatoms. The number of thiazole rings is 1. The van der Waals surface area contributed by atoms with Gasteiger partial charge in [-0.2, -0.15) is 0 Å². The fourth-order valence-corrected chi connectivity index (χ4v) is 4.73. The van der Waals surface area contributed by atoms with Crippen LogP contribution in [0.1, 0.15) is 16.8 Å². The molecule has 1 amide bonds. The number of aromatic nitrogens is 3. The molecule has 5 nitrogen and oxygen atoms in total. The zero-order valence-corrected chi connectivity index (χ0v) is 18.6. The number of halogens is 1. The molecule has 0 N–H and O–H groups in total. The maximum absolute atomic E-state index is 14.3. The predicted octanol–water partition coefficient (Wildman–Crippen LogP) is 6.04. The van der Waals surface area contributed by atoms with Crippen molar-refractivity contribution in [3.05, 3.63) is 103 Å². The van der Waals surface area contributed by atoms with Crippen molar-refractivity contribution < 1.29 is 9.18 Å². The van der Waals surface area contributed by atoms with Crippen molar-refractivity contribution in [3.8, 4) is 11.1 Å². The molecular weight excluding hydrogens is 435 g/mol. The van der Waals surface area contributed by atoms with E-state index in [0.717, 1.165) is 22.4 Å². The van der Waals surface area contributed by atoms with Crippen LogP contribution >= 0.6 is 11.3 Å². The molecule has 0 saturated heterocycles. The molecule has 0 aliphatic carbocycles. The van der Waals surface area contributed by atoms with Gasteiger partial charge in [-0.1, -0.05) is 59.9 Å². The number of aryl methyl sites for hydroxylation is 1.